The number of aromatic nitrogens is 3. The van der Waals surface area contributed by atoms with Gasteiger partial charge in [-0.25, -0.2) is 9.97 Å². The van der Waals surface area contributed by atoms with Gasteiger partial charge < -0.3 is 0 Å². The van der Waals surface area contributed by atoms with E-state index in [4.69, 9.17) is 0 Å². The molecule has 80 valence electrons. The van der Waals surface area contributed by atoms with Crippen LogP contribution >= 0.6 is 0 Å². The molecular formula is C14H9N3. The molecule has 0 atom stereocenters. The van der Waals surface area contributed by atoms with Crippen molar-refractivity contribution < 1.29 is 0 Å². The van der Waals surface area contributed by atoms with E-state index >= 15 is 0 Å². The molecular weight excluding hydrogens is 210 g/mol. The predicted molar refractivity (Wildman–Crippen MR) is 68.0 cm³/mol. The molecule has 0 N–H and O–H groups in total. The second-order valence-electron chi connectivity index (χ2n) is 4.06. The highest BCUT2D eigenvalue weighted by Crippen LogP contribution is 2.19. The predicted octanol–water partition coefficient (Wildman–Crippen LogP) is 3.04. The Morgan fingerprint density at radius 3 is 2.41 bits per heavy atom. The fraction of sp³-hybridized carbons (Fsp3) is 0. The first-order valence-electron chi connectivity index (χ1n) is 5.54. The zero-order valence-corrected chi connectivity index (χ0v) is 9.04. The van der Waals surface area contributed by atoms with Gasteiger partial charge in [0.05, 0.1) is 11.0 Å². The second-order valence-corrected chi connectivity index (χ2v) is 4.06. The van der Waals surface area contributed by atoms with Gasteiger partial charge in [-0.15, -0.1) is 0 Å². The minimum atomic E-state index is 0.916. The first-order chi connectivity index (χ1) is 8.42. The van der Waals surface area contributed by atoms with Crippen molar-refractivity contribution in [2.75, 3.05) is 0 Å². The monoisotopic (exact) mass is 219 g/mol. The maximum Gasteiger partial charge on any atom is 0.163 e. The Kier molecular flexibility index (Phi) is 1.56. The minimum Gasteiger partial charge on any atom is -0.300 e. The van der Waals surface area contributed by atoms with E-state index in [0.717, 1.165) is 27.7 Å². The van der Waals surface area contributed by atoms with Crippen LogP contribution in [-0.2, 0) is 0 Å². The van der Waals surface area contributed by atoms with Crippen LogP contribution in [0, 0.1) is 0 Å². The Morgan fingerprint density at radius 2 is 1.53 bits per heavy atom. The van der Waals surface area contributed by atoms with Crippen LogP contribution in [-0.4, -0.2) is 14.4 Å². The van der Waals surface area contributed by atoms with Crippen molar-refractivity contribution in [3.8, 4) is 0 Å². The molecule has 0 radical (unpaired) electrons. The van der Waals surface area contributed by atoms with Gasteiger partial charge in [-0.05, 0) is 30.3 Å². The summed E-state index contributed by atoms with van der Waals surface area (Å²) in [6, 6.07) is 16.1. The number of pyridine rings is 1. The molecule has 0 aliphatic rings. The summed E-state index contributed by atoms with van der Waals surface area (Å²) in [6.07, 6.45) is 2.02. The maximum atomic E-state index is 4.67. The Hall–Kier alpha value is -2.42. The van der Waals surface area contributed by atoms with Gasteiger partial charge in [0.2, 0.25) is 0 Å². The van der Waals surface area contributed by atoms with Gasteiger partial charge in [-0.3, -0.25) is 4.40 Å². The Morgan fingerprint density at radius 1 is 0.765 bits per heavy atom. The summed E-state index contributed by atoms with van der Waals surface area (Å²) < 4.78 is 2.06. The second kappa shape index (κ2) is 3.04. The molecule has 0 aliphatic carbocycles. The van der Waals surface area contributed by atoms with Gasteiger partial charge in [0.25, 0.3) is 0 Å². The van der Waals surface area contributed by atoms with Crippen LogP contribution in [0.15, 0.2) is 54.7 Å². The third-order valence-electron chi connectivity index (χ3n) is 2.98. The molecule has 1 aromatic carbocycles. The number of para-hydroxylation sites is 2. The van der Waals surface area contributed by atoms with Crippen LogP contribution in [0.3, 0.4) is 0 Å². The van der Waals surface area contributed by atoms with Crippen molar-refractivity contribution in [3.05, 3.63) is 54.7 Å². The quantitative estimate of drug-likeness (QED) is 0.455. The van der Waals surface area contributed by atoms with Crippen molar-refractivity contribution in [1.82, 2.24) is 14.4 Å². The molecule has 3 aromatic heterocycles. The van der Waals surface area contributed by atoms with Crippen LogP contribution in [0.2, 0.25) is 0 Å². The summed E-state index contributed by atoms with van der Waals surface area (Å²) in [5.74, 6) is 0. The summed E-state index contributed by atoms with van der Waals surface area (Å²) in [5, 5.41) is 0. The molecule has 0 aliphatic heterocycles. The molecule has 17 heavy (non-hydrogen) atoms. The number of hydrogen-bond donors (Lipinski definition) is 0. The van der Waals surface area contributed by atoms with Crippen LogP contribution in [0.25, 0.3) is 27.7 Å². The SMILES string of the molecule is c1ccc2nc3c(cc4ccccn43)nc2c1. The summed E-state index contributed by atoms with van der Waals surface area (Å²) in [4.78, 5) is 9.30. The lowest BCUT2D eigenvalue weighted by molar-refractivity contribution is 1.20. The molecule has 0 unspecified atom stereocenters. The van der Waals surface area contributed by atoms with E-state index in [1.807, 2.05) is 42.6 Å². The minimum absolute atomic E-state index is 0.916. The van der Waals surface area contributed by atoms with Crippen LogP contribution in [0.4, 0.5) is 0 Å². The van der Waals surface area contributed by atoms with Crippen LogP contribution < -0.4 is 0 Å². The Bertz CT molecular complexity index is 840. The van der Waals surface area contributed by atoms with Crippen molar-refractivity contribution in [1.29, 1.82) is 0 Å². The highest BCUT2D eigenvalue weighted by molar-refractivity contribution is 5.88. The molecule has 3 heterocycles. The van der Waals surface area contributed by atoms with Gasteiger partial charge in [0.1, 0.15) is 5.52 Å². The largest absolute Gasteiger partial charge is 0.300 e. The van der Waals surface area contributed by atoms with Gasteiger partial charge in [0.15, 0.2) is 5.65 Å². The number of benzene rings is 1. The van der Waals surface area contributed by atoms with E-state index in [-0.39, 0.29) is 0 Å². The third-order valence-corrected chi connectivity index (χ3v) is 2.98. The van der Waals surface area contributed by atoms with E-state index in [9.17, 15) is 0 Å². The molecule has 3 nitrogen and oxygen atoms in total. The standard InChI is InChI=1S/C14H9N3/c1-2-7-12-11(6-1)15-13-9-10-5-3-4-8-17(10)14(13)16-12/h1-9H. The molecule has 0 spiro atoms. The highest BCUT2D eigenvalue weighted by atomic mass is 15.0. The molecule has 0 saturated heterocycles. The molecule has 4 aromatic rings. The number of nitrogens with zero attached hydrogens (tertiary/aromatic N) is 3. The lowest BCUT2D eigenvalue weighted by atomic mass is 10.3. The van der Waals surface area contributed by atoms with Crippen molar-refractivity contribution in [2.24, 2.45) is 0 Å². The average molecular weight is 219 g/mol. The molecule has 0 fully saturated rings. The van der Waals surface area contributed by atoms with Gasteiger partial charge in [0, 0.05) is 11.7 Å². The van der Waals surface area contributed by atoms with Crippen molar-refractivity contribution in [3.63, 3.8) is 0 Å². The smallest absolute Gasteiger partial charge is 0.163 e. The van der Waals surface area contributed by atoms with E-state index in [2.05, 4.69) is 26.5 Å². The summed E-state index contributed by atoms with van der Waals surface area (Å²) in [6.45, 7) is 0. The first kappa shape index (κ1) is 8.70. The lowest BCUT2D eigenvalue weighted by Crippen LogP contribution is -1.88. The topological polar surface area (TPSA) is 30.2 Å². The fourth-order valence-corrected chi connectivity index (χ4v) is 2.19. The zero-order valence-electron chi connectivity index (χ0n) is 9.04. The first-order valence-corrected chi connectivity index (χ1v) is 5.54. The van der Waals surface area contributed by atoms with E-state index in [1.54, 1.807) is 0 Å². The van der Waals surface area contributed by atoms with Crippen molar-refractivity contribution in [2.45, 2.75) is 0 Å². The third kappa shape index (κ3) is 1.16. The molecule has 0 amide bonds. The van der Waals surface area contributed by atoms with E-state index < -0.39 is 0 Å². The van der Waals surface area contributed by atoms with E-state index in [1.165, 1.54) is 0 Å². The fourth-order valence-electron chi connectivity index (χ4n) is 2.19. The average Bonchev–Trinajstić information content (AvgIpc) is 2.73. The van der Waals surface area contributed by atoms with Gasteiger partial charge >= 0.3 is 0 Å². The number of hydrogen-bond acceptors (Lipinski definition) is 2. The summed E-state index contributed by atoms with van der Waals surface area (Å²) in [7, 11) is 0. The molecule has 4 rings (SSSR count). The molecule has 3 heteroatoms. The van der Waals surface area contributed by atoms with Crippen molar-refractivity contribution >= 4 is 27.7 Å². The summed E-state index contributed by atoms with van der Waals surface area (Å²) >= 11 is 0. The Labute approximate surface area is 97.4 Å². The van der Waals surface area contributed by atoms with Crippen LogP contribution in [0.5, 0.6) is 0 Å². The zero-order chi connectivity index (χ0) is 11.2. The lowest BCUT2D eigenvalue weighted by Gasteiger charge is -1.98. The van der Waals surface area contributed by atoms with Gasteiger partial charge in [-0.1, -0.05) is 18.2 Å². The molecule has 0 saturated carbocycles. The van der Waals surface area contributed by atoms with E-state index in [0.29, 0.717) is 0 Å². The maximum absolute atomic E-state index is 4.67. The van der Waals surface area contributed by atoms with Crippen LogP contribution in [0.1, 0.15) is 0 Å². The number of fused-ring (bicyclic) bond motifs is 4. The Balaban J connectivity index is 2.28. The summed E-state index contributed by atoms with van der Waals surface area (Å²) in [5.41, 5.74) is 4.85. The highest BCUT2D eigenvalue weighted by Gasteiger charge is 2.05. The molecule has 0 bridgehead atoms. The number of rotatable bonds is 0. The van der Waals surface area contributed by atoms with Gasteiger partial charge in [-0.2, -0.15) is 0 Å². The normalized spacial score (nSPS) is 11.5.